The highest BCUT2D eigenvalue weighted by atomic mass is 35.5. The maximum absolute atomic E-state index is 12.2. The van der Waals surface area contributed by atoms with Gasteiger partial charge < -0.3 is 10.0 Å². The lowest BCUT2D eigenvalue weighted by atomic mass is 9.88. The maximum atomic E-state index is 12.2. The Balaban J connectivity index is 2.42. The standard InChI is InChI=1S/C13H19ClN4O2/c1-5-17-7-10(19)18(12(17)20)9-6-8(13(2,3)4)11(14)16-15-9/h6,10,19H,5,7H2,1-4H3. The molecule has 1 fully saturated rings. The van der Waals surface area contributed by atoms with Crippen LogP contribution in [0, 0.1) is 0 Å². The molecule has 0 bridgehead atoms. The summed E-state index contributed by atoms with van der Waals surface area (Å²) in [6.45, 7) is 8.67. The van der Waals surface area contributed by atoms with Crippen molar-refractivity contribution >= 4 is 23.4 Å². The van der Waals surface area contributed by atoms with Crippen LogP contribution in [0.5, 0.6) is 0 Å². The van der Waals surface area contributed by atoms with Gasteiger partial charge in [-0.15, -0.1) is 10.2 Å². The highest BCUT2D eigenvalue weighted by Gasteiger charge is 2.38. The summed E-state index contributed by atoms with van der Waals surface area (Å²) in [6.07, 6.45) is -0.911. The number of urea groups is 1. The van der Waals surface area contributed by atoms with Crippen LogP contribution in [0.25, 0.3) is 0 Å². The first-order chi connectivity index (χ1) is 9.25. The molecule has 1 aromatic rings. The van der Waals surface area contributed by atoms with Gasteiger partial charge in [-0.3, -0.25) is 0 Å². The van der Waals surface area contributed by atoms with Gasteiger partial charge in [-0.2, -0.15) is 0 Å². The zero-order valence-corrected chi connectivity index (χ0v) is 12.8. The van der Waals surface area contributed by atoms with E-state index in [-0.39, 0.29) is 18.0 Å². The zero-order valence-electron chi connectivity index (χ0n) is 12.1. The summed E-state index contributed by atoms with van der Waals surface area (Å²) in [5.74, 6) is 0.327. The number of aliphatic hydroxyl groups is 1. The molecule has 6 nitrogen and oxygen atoms in total. The van der Waals surface area contributed by atoms with Gasteiger partial charge in [-0.05, 0) is 18.4 Å². The molecule has 0 aliphatic carbocycles. The van der Waals surface area contributed by atoms with Gasteiger partial charge in [0.25, 0.3) is 0 Å². The van der Waals surface area contributed by atoms with E-state index >= 15 is 0 Å². The van der Waals surface area contributed by atoms with E-state index in [0.29, 0.717) is 17.5 Å². The zero-order chi connectivity index (χ0) is 15.1. The van der Waals surface area contributed by atoms with Gasteiger partial charge in [-0.25, -0.2) is 9.69 Å². The molecular formula is C13H19ClN4O2. The molecule has 0 spiro atoms. The monoisotopic (exact) mass is 298 g/mol. The third-order valence-corrected chi connectivity index (χ3v) is 3.61. The number of likely N-dealkylation sites (N-methyl/N-ethyl adjacent to an activating group) is 1. The van der Waals surface area contributed by atoms with Crippen molar-refractivity contribution in [1.29, 1.82) is 0 Å². The van der Waals surface area contributed by atoms with Crippen molar-refractivity contribution in [3.63, 3.8) is 0 Å². The van der Waals surface area contributed by atoms with Crippen LogP contribution >= 0.6 is 11.6 Å². The molecule has 2 heterocycles. The molecule has 1 unspecified atom stereocenters. The summed E-state index contributed by atoms with van der Waals surface area (Å²) in [5.41, 5.74) is 0.569. The molecule has 1 aliphatic heterocycles. The molecule has 1 atom stereocenters. The smallest absolute Gasteiger partial charge is 0.328 e. The van der Waals surface area contributed by atoms with Crippen molar-refractivity contribution < 1.29 is 9.90 Å². The number of rotatable bonds is 2. The number of amides is 2. The first-order valence-corrected chi connectivity index (χ1v) is 6.93. The normalized spacial score (nSPS) is 19.9. The number of nitrogens with zero attached hydrogens (tertiary/aromatic N) is 4. The predicted octanol–water partition coefficient (Wildman–Crippen LogP) is 2.01. The quantitative estimate of drug-likeness (QED) is 0.907. The summed E-state index contributed by atoms with van der Waals surface area (Å²) < 4.78 is 0. The van der Waals surface area contributed by atoms with Crippen molar-refractivity contribution in [2.24, 2.45) is 0 Å². The lowest BCUT2D eigenvalue weighted by Gasteiger charge is -2.23. The van der Waals surface area contributed by atoms with Crippen LogP contribution in [0.3, 0.4) is 0 Å². The molecule has 110 valence electrons. The molecule has 1 aromatic heterocycles. The number of β-amino-alcohol motifs (C(OH)–C–C–N with tert-alkyl or cyclic N) is 1. The van der Waals surface area contributed by atoms with E-state index in [2.05, 4.69) is 10.2 Å². The fraction of sp³-hybridized carbons (Fsp3) is 0.615. The van der Waals surface area contributed by atoms with Crippen molar-refractivity contribution in [3.05, 3.63) is 16.8 Å². The fourth-order valence-electron chi connectivity index (χ4n) is 2.16. The molecule has 1 saturated heterocycles. The van der Waals surface area contributed by atoms with Gasteiger partial charge in [0.2, 0.25) is 0 Å². The molecule has 0 saturated carbocycles. The number of anilines is 1. The third-order valence-electron chi connectivity index (χ3n) is 3.33. The molecule has 0 aromatic carbocycles. The van der Waals surface area contributed by atoms with Crippen LogP contribution in [0.15, 0.2) is 6.07 Å². The molecule has 2 rings (SSSR count). The van der Waals surface area contributed by atoms with Crippen LogP contribution in [0.2, 0.25) is 5.15 Å². The number of aliphatic hydroxyl groups excluding tert-OH is 1. The van der Waals surface area contributed by atoms with Gasteiger partial charge >= 0.3 is 6.03 Å². The second kappa shape index (κ2) is 5.18. The summed E-state index contributed by atoms with van der Waals surface area (Å²) in [7, 11) is 0. The van der Waals surface area contributed by atoms with E-state index in [1.807, 2.05) is 27.7 Å². The number of hydrogen-bond donors (Lipinski definition) is 1. The lowest BCUT2D eigenvalue weighted by Crippen LogP contribution is -2.36. The van der Waals surface area contributed by atoms with Crippen LogP contribution < -0.4 is 4.90 Å². The van der Waals surface area contributed by atoms with Crippen molar-refractivity contribution in [2.75, 3.05) is 18.0 Å². The Kier molecular flexibility index (Phi) is 3.88. The Hall–Kier alpha value is -1.40. The first-order valence-electron chi connectivity index (χ1n) is 6.55. The third kappa shape index (κ3) is 2.58. The Morgan fingerprint density at radius 2 is 2.10 bits per heavy atom. The molecular weight excluding hydrogens is 280 g/mol. The first kappa shape index (κ1) is 15.0. The average Bonchev–Trinajstić information content (AvgIpc) is 2.64. The van der Waals surface area contributed by atoms with E-state index in [0.717, 1.165) is 5.56 Å². The van der Waals surface area contributed by atoms with E-state index in [1.54, 1.807) is 11.0 Å². The van der Waals surface area contributed by atoms with Crippen molar-refractivity contribution in [1.82, 2.24) is 15.1 Å². The predicted molar refractivity (Wildman–Crippen MR) is 76.9 cm³/mol. The van der Waals surface area contributed by atoms with Crippen LogP contribution in [0.4, 0.5) is 10.6 Å². The van der Waals surface area contributed by atoms with E-state index < -0.39 is 6.23 Å². The van der Waals surface area contributed by atoms with E-state index in [4.69, 9.17) is 11.6 Å². The molecule has 1 aliphatic rings. The van der Waals surface area contributed by atoms with Gasteiger partial charge in [0.15, 0.2) is 17.2 Å². The van der Waals surface area contributed by atoms with Gasteiger partial charge in [-0.1, -0.05) is 32.4 Å². The Morgan fingerprint density at radius 3 is 2.60 bits per heavy atom. The molecule has 7 heteroatoms. The lowest BCUT2D eigenvalue weighted by molar-refractivity contribution is 0.178. The Morgan fingerprint density at radius 1 is 1.45 bits per heavy atom. The Labute approximate surface area is 123 Å². The van der Waals surface area contributed by atoms with Gasteiger partial charge in [0.05, 0.1) is 6.54 Å². The molecule has 2 amide bonds. The number of carbonyl (C=O) groups is 1. The van der Waals surface area contributed by atoms with Gasteiger partial charge in [0, 0.05) is 12.1 Å². The minimum absolute atomic E-state index is 0.222. The van der Waals surface area contributed by atoms with Crippen molar-refractivity contribution in [3.8, 4) is 0 Å². The highest BCUT2D eigenvalue weighted by Crippen LogP contribution is 2.31. The summed E-state index contributed by atoms with van der Waals surface area (Å²) in [6, 6.07) is 1.45. The molecule has 0 radical (unpaired) electrons. The summed E-state index contributed by atoms with van der Waals surface area (Å²) in [5, 5.41) is 18.2. The second-order valence-electron chi connectivity index (χ2n) is 5.83. The van der Waals surface area contributed by atoms with E-state index in [9.17, 15) is 9.90 Å². The van der Waals surface area contributed by atoms with Crippen molar-refractivity contribution in [2.45, 2.75) is 39.3 Å². The topological polar surface area (TPSA) is 69.6 Å². The second-order valence-corrected chi connectivity index (χ2v) is 6.19. The minimum Gasteiger partial charge on any atom is -0.371 e. The highest BCUT2D eigenvalue weighted by molar-refractivity contribution is 6.30. The largest absolute Gasteiger partial charge is 0.371 e. The number of hydrogen-bond acceptors (Lipinski definition) is 4. The van der Waals surface area contributed by atoms with Crippen LogP contribution in [-0.4, -0.2) is 45.6 Å². The molecule has 20 heavy (non-hydrogen) atoms. The number of carbonyl (C=O) groups excluding carboxylic acids is 1. The van der Waals surface area contributed by atoms with Crippen LogP contribution in [0.1, 0.15) is 33.3 Å². The molecule has 1 N–H and O–H groups in total. The number of halogens is 1. The number of aromatic nitrogens is 2. The van der Waals surface area contributed by atoms with Gasteiger partial charge in [0.1, 0.15) is 0 Å². The Bertz CT molecular complexity index is 530. The fourth-order valence-corrected chi connectivity index (χ4v) is 2.54. The maximum Gasteiger partial charge on any atom is 0.328 e. The van der Waals surface area contributed by atoms with Crippen LogP contribution in [-0.2, 0) is 5.41 Å². The van der Waals surface area contributed by atoms with E-state index in [1.165, 1.54) is 4.90 Å². The SMILES string of the molecule is CCN1CC(O)N(c2cc(C(C)(C)C)c(Cl)nn2)C1=O. The average molecular weight is 299 g/mol. The summed E-state index contributed by atoms with van der Waals surface area (Å²) >= 11 is 6.07. The minimum atomic E-state index is -0.911. The summed E-state index contributed by atoms with van der Waals surface area (Å²) in [4.78, 5) is 15.0.